The van der Waals surface area contributed by atoms with Crippen LogP contribution in [0.1, 0.15) is 35.3 Å². The number of ether oxygens (including phenoxy) is 1. The largest absolute Gasteiger partial charge is 0.372 e. The summed E-state index contributed by atoms with van der Waals surface area (Å²) in [6.45, 7) is 5.49. The fraction of sp³-hybridized carbons (Fsp3) is 0.320. The minimum Gasteiger partial charge on any atom is -0.372 e. The van der Waals surface area contributed by atoms with Gasteiger partial charge in [-0.05, 0) is 43.7 Å². The molecule has 0 saturated carbocycles. The van der Waals surface area contributed by atoms with Gasteiger partial charge >= 0.3 is 6.03 Å². The van der Waals surface area contributed by atoms with Crippen LogP contribution in [0.3, 0.4) is 0 Å². The van der Waals surface area contributed by atoms with E-state index in [1.165, 1.54) is 16.9 Å². The van der Waals surface area contributed by atoms with Crippen molar-refractivity contribution < 1.29 is 23.1 Å². The van der Waals surface area contributed by atoms with Gasteiger partial charge in [-0.2, -0.15) is 5.10 Å². The molecule has 0 aliphatic carbocycles. The second-order valence-electron chi connectivity index (χ2n) is 8.59. The monoisotopic (exact) mass is 483 g/mol. The predicted molar refractivity (Wildman–Crippen MR) is 125 cm³/mol. The molecule has 3 amide bonds. The summed E-state index contributed by atoms with van der Waals surface area (Å²) in [5, 5.41) is 9.52. The van der Waals surface area contributed by atoms with Crippen LogP contribution in [-0.4, -0.2) is 51.9 Å². The zero-order valence-corrected chi connectivity index (χ0v) is 19.5. The van der Waals surface area contributed by atoms with E-state index in [9.17, 15) is 18.4 Å². The number of carbonyl (C=O) groups excluding carboxylic acids is 2. The highest BCUT2D eigenvalue weighted by Crippen LogP contribution is 2.16. The SMILES string of the molecule is CC1CN(C(=O)c2ccc(CNC(=O)NCc3cnn(-c4ccc(F)cc4F)c3)cc2)CC(C)O1. The van der Waals surface area contributed by atoms with Crippen LogP contribution < -0.4 is 10.6 Å². The molecule has 2 aromatic carbocycles. The fourth-order valence-electron chi connectivity index (χ4n) is 3.97. The number of urea groups is 1. The number of nitrogens with one attached hydrogen (secondary N) is 2. The molecule has 1 aromatic heterocycles. The Morgan fingerprint density at radius 3 is 2.31 bits per heavy atom. The Bertz CT molecular complexity index is 1190. The number of rotatable bonds is 6. The standard InChI is InChI=1S/C25H27F2N5O3/c1-16-13-31(14-17(2)35-16)24(33)20-5-3-18(4-6-20)10-28-25(34)29-11-19-12-30-32(15-19)23-8-7-21(26)9-22(23)27/h3-9,12,15-17H,10-11,13-14H2,1-2H3,(H2,28,29,34). The molecule has 1 fully saturated rings. The smallest absolute Gasteiger partial charge is 0.315 e. The molecule has 2 heterocycles. The molecule has 2 unspecified atom stereocenters. The quantitative estimate of drug-likeness (QED) is 0.563. The summed E-state index contributed by atoms with van der Waals surface area (Å²) in [7, 11) is 0. The highest BCUT2D eigenvalue weighted by atomic mass is 19.1. The van der Waals surface area contributed by atoms with Crippen molar-refractivity contribution in [2.75, 3.05) is 13.1 Å². The van der Waals surface area contributed by atoms with Crippen molar-refractivity contribution in [2.45, 2.75) is 39.1 Å². The number of amides is 3. The van der Waals surface area contributed by atoms with Gasteiger partial charge in [-0.3, -0.25) is 4.79 Å². The molecule has 0 spiro atoms. The lowest BCUT2D eigenvalue weighted by Gasteiger charge is -2.35. The maximum atomic E-state index is 13.9. The topological polar surface area (TPSA) is 88.5 Å². The number of aromatic nitrogens is 2. The normalized spacial score (nSPS) is 17.8. The summed E-state index contributed by atoms with van der Waals surface area (Å²) >= 11 is 0. The van der Waals surface area contributed by atoms with E-state index in [-0.39, 0.29) is 42.9 Å². The van der Waals surface area contributed by atoms with Gasteiger partial charge in [0.25, 0.3) is 5.91 Å². The van der Waals surface area contributed by atoms with Crippen LogP contribution >= 0.6 is 0 Å². The molecule has 3 aromatic rings. The summed E-state index contributed by atoms with van der Waals surface area (Å²) in [6, 6.07) is 9.97. The van der Waals surface area contributed by atoms with Crippen LogP contribution in [0.4, 0.5) is 13.6 Å². The van der Waals surface area contributed by atoms with E-state index in [2.05, 4.69) is 15.7 Å². The first-order valence-corrected chi connectivity index (χ1v) is 11.3. The lowest BCUT2D eigenvalue weighted by Crippen LogP contribution is -2.48. The highest BCUT2D eigenvalue weighted by molar-refractivity contribution is 5.94. The first-order chi connectivity index (χ1) is 16.8. The Kier molecular flexibility index (Phi) is 7.40. The van der Waals surface area contributed by atoms with Gasteiger partial charge in [0.15, 0.2) is 5.82 Å². The molecule has 2 N–H and O–H groups in total. The second kappa shape index (κ2) is 10.6. The maximum absolute atomic E-state index is 13.9. The number of carbonyl (C=O) groups is 2. The molecule has 1 saturated heterocycles. The van der Waals surface area contributed by atoms with E-state index >= 15 is 0 Å². The van der Waals surface area contributed by atoms with E-state index in [1.807, 2.05) is 26.0 Å². The minimum atomic E-state index is -0.730. The van der Waals surface area contributed by atoms with Crippen LogP contribution in [0, 0.1) is 11.6 Å². The molecule has 1 aliphatic rings. The van der Waals surface area contributed by atoms with Crippen molar-refractivity contribution in [2.24, 2.45) is 0 Å². The van der Waals surface area contributed by atoms with Crippen molar-refractivity contribution in [3.63, 3.8) is 0 Å². The Morgan fingerprint density at radius 2 is 1.66 bits per heavy atom. The van der Waals surface area contributed by atoms with Gasteiger partial charge < -0.3 is 20.3 Å². The zero-order chi connectivity index (χ0) is 24.9. The zero-order valence-electron chi connectivity index (χ0n) is 19.5. The first kappa shape index (κ1) is 24.3. The van der Waals surface area contributed by atoms with Crippen molar-refractivity contribution >= 4 is 11.9 Å². The third kappa shape index (κ3) is 6.21. The number of hydrogen-bond acceptors (Lipinski definition) is 4. The Balaban J connectivity index is 1.25. The third-order valence-electron chi connectivity index (χ3n) is 5.61. The van der Waals surface area contributed by atoms with Gasteiger partial charge in [0.1, 0.15) is 11.5 Å². The molecular weight excluding hydrogens is 456 g/mol. The average Bonchev–Trinajstić information content (AvgIpc) is 3.29. The van der Waals surface area contributed by atoms with Gasteiger partial charge in [0.2, 0.25) is 0 Å². The fourth-order valence-corrected chi connectivity index (χ4v) is 3.97. The van der Waals surface area contributed by atoms with Crippen LogP contribution in [0.2, 0.25) is 0 Å². The van der Waals surface area contributed by atoms with Gasteiger partial charge in [-0.25, -0.2) is 18.3 Å². The van der Waals surface area contributed by atoms with E-state index in [0.29, 0.717) is 24.2 Å². The Morgan fingerprint density at radius 1 is 1.00 bits per heavy atom. The molecule has 8 nitrogen and oxygen atoms in total. The number of hydrogen-bond donors (Lipinski definition) is 2. The van der Waals surface area contributed by atoms with E-state index in [1.54, 1.807) is 23.2 Å². The van der Waals surface area contributed by atoms with Gasteiger partial charge in [-0.1, -0.05) is 12.1 Å². The summed E-state index contributed by atoms with van der Waals surface area (Å²) in [5.41, 5.74) is 2.20. The molecule has 10 heteroatoms. The van der Waals surface area contributed by atoms with Crippen molar-refractivity contribution in [3.8, 4) is 5.69 Å². The predicted octanol–water partition coefficient (Wildman–Crippen LogP) is 3.40. The molecule has 4 rings (SSSR count). The summed E-state index contributed by atoms with van der Waals surface area (Å²) in [5.74, 6) is -1.43. The molecule has 2 atom stereocenters. The molecule has 0 bridgehead atoms. The van der Waals surface area contributed by atoms with Crippen LogP contribution in [0.25, 0.3) is 5.69 Å². The van der Waals surface area contributed by atoms with Crippen molar-refractivity contribution in [1.82, 2.24) is 25.3 Å². The maximum Gasteiger partial charge on any atom is 0.315 e. The molecule has 0 radical (unpaired) electrons. The van der Waals surface area contributed by atoms with Crippen molar-refractivity contribution in [3.05, 3.63) is 83.2 Å². The van der Waals surface area contributed by atoms with E-state index in [4.69, 9.17) is 4.74 Å². The summed E-state index contributed by atoms with van der Waals surface area (Å²) in [4.78, 5) is 26.7. The Hall–Kier alpha value is -3.79. The minimum absolute atomic E-state index is 0.00288. The first-order valence-electron chi connectivity index (χ1n) is 11.3. The molecule has 184 valence electrons. The van der Waals surface area contributed by atoms with E-state index < -0.39 is 11.6 Å². The summed E-state index contributed by atoms with van der Waals surface area (Å²) < 4.78 is 34.0. The number of benzene rings is 2. The molecule has 35 heavy (non-hydrogen) atoms. The molecule has 1 aliphatic heterocycles. The second-order valence-corrected chi connectivity index (χ2v) is 8.59. The highest BCUT2D eigenvalue weighted by Gasteiger charge is 2.26. The van der Waals surface area contributed by atoms with Crippen molar-refractivity contribution in [1.29, 1.82) is 0 Å². The van der Waals surface area contributed by atoms with E-state index in [0.717, 1.165) is 17.7 Å². The number of nitrogens with zero attached hydrogens (tertiary/aromatic N) is 3. The number of halogens is 2. The van der Waals surface area contributed by atoms with Crippen LogP contribution in [-0.2, 0) is 17.8 Å². The number of morpholine rings is 1. The average molecular weight is 484 g/mol. The van der Waals surface area contributed by atoms with Crippen LogP contribution in [0.15, 0.2) is 54.9 Å². The van der Waals surface area contributed by atoms with Gasteiger partial charge in [0, 0.05) is 49.6 Å². The summed E-state index contributed by atoms with van der Waals surface area (Å²) in [6.07, 6.45) is 3.06. The third-order valence-corrected chi connectivity index (χ3v) is 5.61. The molecular formula is C25H27F2N5O3. The van der Waals surface area contributed by atoms with Gasteiger partial charge in [0.05, 0.1) is 18.4 Å². The van der Waals surface area contributed by atoms with Crippen LogP contribution in [0.5, 0.6) is 0 Å². The lowest BCUT2D eigenvalue weighted by molar-refractivity contribution is -0.0586. The lowest BCUT2D eigenvalue weighted by atomic mass is 10.1. The Labute approximate surface area is 201 Å². The van der Waals surface area contributed by atoms with Gasteiger partial charge in [-0.15, -0.1) is 0 Å².